The van der Waals surface area contributed by atoms with Crippen molar-refractivity contribution in [2.45, 2.75) is 33.3 Å². The quantitative estimate of drug-likeness (QED) is 0.888. The molecule has 2 aromatic carbocycles. The topological polar surface area (TPSA) is 38.3 Å². The number of anilines is 1. The summed E-state index contributed by atoms with van der Waals surface area (Å²) in [6.07, 6.45) is -0.345. The number of hydrogen-bond donors (Lipinski definition) is 1. The number of carbonyl (C=O) groups excluding carboxylic acids is 1. The normalized spacial score (nSPS) is 11.9. The van der Waals surface area contributed by atoms with Crippen molar-refractivity contribution >= 4 is 11.6 Å². The van der Waals surface area contributed by atoms with Gasteiger partial charge in [0.2, 0.25) is 0 Å². The standard InChI is InChI=1S/C18H19F2NO2/c1-4-16(23-17-9-11(2)5-6-12(17)3)18(22)21-15-8-7-13(19)10-14(15)20/h5-10,16H,4H2,1-3H3,(H,21,22)/t16-/m1/s1. The number of rotatable bonds is 5. The first-order valence-corrected chi connectivity index (χ1v) is 7.40. The van der Waals surface area contributed by atoms with Crippen LogP contribution in [-0.2, 0) is 4.79 Å². The first-order valence-electron chi connectivity index (χ1n) is 7.40. The van der Waals surface area contributed by atoms with Crippen molar-refractivity contribution in [2.24, 2.45) is 0 Å². The van der Waals surface area contributed by atoms with Crippen LogP contribution in [0, 0.1) is 25.5 Å². The van der Waals surface area contributed by atoms with E-state index in [9.17, 15) is 13.6 Å². The Balaban J connectivity index is 2.13. The molecule has 2 rings (SSSR count). The van der Waals surface area contributed by atoms with E-state index in [0.29, 0.717) is 12.2 Å². The Kier molecular flexibility index (Phi) is 5.32. The highest BCUT2D eigenvalue weighted by Crippen LogP contribution is 2.22. The lowest BCUT2D eigenvalue weighted by Gasteiger charge is -2.19. The van der Waals surface area contributed by atoms with Crippen LogP contribution in [-0.4, -0.2) is 12.0 Å². The van der Waals surface area contributed by atoms with Gasteiger partial charge >= 0.3 is 0 Å². The van der Waals surface area contributed by atoms with Crippen LogP contribution in [0.1, 0.15) is 24.5 Å². The summed E-state index contributed by atoms with van der Waals surface area (Å²) in [6, 6.07) is 8.72. The minimum atomic E-state index is -0.820. The summed E-state index contributed by atoms with van der Waals surface area (Å²) in [6.45, 7) is 5.62. The second-order valence-corrected chi connectivity index (χ2v) is 5.40. The zero-order valence-corrected chi connectivity index (χ0v) is 13.3. The molecule has 23 heavy (non-hydrogen) atoms. The number of amides is 1. The van der Waals surface area contributed by atoms with Crippen LogP contribution in [0.5, 0.6) is 5.75 Å². The molecule has 1 atom stereocenters. The van der Waals surface area contributed by atoms with E-state index in [4.69, 9.17) is 4.74 Å². The van der Waals surface area contributed by atoms with Crippen molar-refractivity contribution in [3.8, 4) is 5.75 Å². The monoisotopic (exact) mass is 319 g/mol. The van der Waals surface area contributed by atoms with Gasteiger partial charge in [0.1, 0.15) is 17.4 Å². The highest BCUT2D eigenvalue weighted by molar-refractivity contribution is 5.94. The summed E-state index contributed by atoms with van der Waals surface area (Å²) in [5.41, 5.74) is 1.86. The zero-order chi connectivity index (χ0) is 17.0. The summed E-state index contributed by atoms with van der Waals surface area (Å²) in [5.74, 6) is -1.37. The van der Waals surface area contributed by atoms with Gasteiger partial charge in [0.15, 0.2) is 6.10 Å². The molecule has 0 aromatic heterocycles. The molecule has 122 valence electrons. The lowest BCUT2D eigenvalue weighted by atomic mass is 10.1. The van der Waals surface area contributed by atoms with E-state index in [2.05, 4.69) is 5.32 Å². The summed E-state index contributed by atoms with van der Waals surface area (Å²) >= 11 is 0. The molecule has 0 aliphatic rings. The van der Waals surface area contributed by atoms with Crippen molar-refractivity contribution in [1.29, 1.82) is 0 Å². The fraction of sp³-hybridized carbons (Fsp3) is 0.278. The maximum Gasteiger partial charge on any atom is 0.265 e. The first-order chi connectivity index (χ1) is 10.9. The van der Waals surface area contributed by atoms with Crippen LogP contribution in [0.4, 0.5) is 14.5 Å². The van der Waals surface area contributed by atoms with Crippen molar-refractivity contribution in [2.75, 3.05) is 5.32 Å². The van der Waals surface area contributed by atoms with Gasteiger partial charge < -0.3 is 10.1 Å². The fourth-order valence-electron chi connectivity index (χ4n) is 2.11. The molecule has 0 heterocycles. The van der Waals surface area contributed by atoms with Crippen molar-refractivity contribution in [1.82, 2.24) is 0 Å². The minimum absolute atomic E-state index is 0.0700. The van der Waals surface area contributed by atoms with Crippen LogP contribution in [0.25, 0.3) is 0 Å². The molecule has 0 aliphatic heterocycles. The Bertz CT molecular complexity index is 716. The predicted octanol–water partition coefficient (Wildman–Crippen LogP) is 4.38. The molecule has 2 aromatic rings. The average Bonchev–Trinajstić information content (AvgIpc) is 2.50. The predicted molar refractivity (Wildman–Crippen MR) is 85.6 cm³/mol. The van der Waals surface area contributed by atoms with Gasteiger partial charge in [0.25, 0.3) is 5.91 Å². The third-order valence-electron chi connectivity index (χ3n) is 3.47. The Morgan fingerprint density at radius 3 is 2.57 bits per heavy atom. The van der Waals surface area contributed by atoms with Gasteiger partial charge in [-0.1, -0.05) is 19.1 Å². The molecule has 0 spiro atoms. The van der Waals surface area contributed by atoms with Crippen molar-refractivity contribution in [3.63, 3.8) is 0 Å². The van der Waals surface area contributed by atoms with Crippen LogP contribution in [0.2, 0.25) is 0 Å². The maximum atomic E-state index is 13.6. The van der Waals surface area contributed by atoms with Gasteiger partial charge in [-0.25, -0.2) is 8.78 Å². The van der Waals surface area contributed by atoms with Crippen LogP contribution >= 0.6 is 0 Å². The molecule has 0 aliphatic carbocycles. The lowest BCUT2D eigenvalue weighted by molar-refractivity contribution is -0.122. The molecule has 1 N–H and O–H groups in total. The Morgan fingerprint density at radius 1 is 1.17 bits per heavy atom. The number of ether oxygens (including phenoxy) is 1. The third kappa shape index (κ3) is 4.28. The Morgan fingerprint density at radius 2 is 1.91 bits per heavy atom. The SMILES string of the molecule is CC[C@@H](Oc1cc(C)ccc1C)C(=O)Nc1ccc(F)cc1F. The molecule has 0 bridgehead atoms. The summed E-state index contributed by atoms with van der Waals surface area (Å²) < 4.78 is 32.3. The summed E-state index contributed by atoms with van der Waals surface area (Å²) in [5, 5.41) is 2.44. The van der Waals surface area contributed by atoms with Gasteiger partial charge in [-0.05, 0) is 49.6 Å². The number of nitrogens with one attached hydrogen (secondary N) is 1. The summed E-state index contributed by atoms with van der Waals surface area (Å²) in [4.78, 5) is 12.3. The molecule has 0 radical (unpaired) electrons. The number of aryl methyl sites for hydroxylation is 2. The van der Waals surface area contributed by atoms with Gasteiger partial charge in [-0.15, -0.1) is 0 Å². The average molecular weight is 319 g/mol. The minimum Gasteiger partial charge on any atom is -0.480 e. The molecule has 3 nitrogen and oxygen atoms in total. The molecule has 5 heteroatoms. The van der Waals surface area contributed by atoms with E-state index in [1.807, 2.05) is 32.0 Å². The van der Waals surface area contributed by atoms with Gasteiger partial charge in [0, 0.05) is 6.07 Å². The van der Waals surface area contributed by atoms with E-state index < -0.39 is 23.6 Å². The van der Waals surface area contributed by atoms with Crippen molar-refractivity contribution < 1.29 is 18.3 Å². The van der Waals surface area contributed by atoms with Crippen LogP contribution < -0.4 is 10.1 Å². The van der Waals surface area contributed by atoms with E-state index in [1.165, 1.54) is 6.07 Å². The third-order valence-corrected chi connectivity index (χ3v) is 3.47. The van der Waals surface area contributed by atoms with Gasteiger partial charge in [-0.3, -0.25) is 4.79 Å². The lowest BCUT2D eigenvalue weighted by Crippen LogP contribution is -2.32. The second-order valence-electron chi connectivity index (χ2n) is 5.40. The van der Waals surface area contributed by atoms with E-state index >= 15 is 0 Å². The molecule has 1 amide bonds. The van der Waals surface area contributed by atoms with E-state index in [1.54, 1.807) is 6.92 Å². The zero-order valence-electron chi connectivity index (χ0n) is 13.3. The fourth-order valence-corrected chi connectivity index (χ4v) is 2.11. The molecular formula is C18H19F2NO2. The number of carbonyl (C=O) groups is 1. The Hall–Kier alpha value is -2.43. The smallest absolute Gasteiger partial charge is 0.265 e. The van der Waals surface area contributed by atoms with Crippen molar-refractivity contribution in [3.05, 3.63) is 59.2 Å². The number of hydrogen-bond acceptors (Lipinski definition) is 2. The molecular weight excluding hydrogens is 300 g/mol. The first kappa shape index (κ1) is 16.9. The van der Waals surface area contributed by atoms with E-state index in [0.717, 1.165) is 23.3 Å². The number of halogens is 2. The van der Waals surface area contributed by atoms with Crippen LogP contribution in [0.3, 0.4) is 0 Å². The van der Waals surface area contributed by atoms with E-state index in [-0.39, 0.29) is 5.69 Å². The largest absolute Gasteiger partial charge is 0.480 e. The molecule has 0 saturated heterocycles. The highest BCUT2D eigenvalue weighted by Gasteiger charge is 2.20. The molecule has 0 unspecified atom stereocenters. The van der Waals surface area contributed by atoms with Crippen LogP contribution in [0.15, 0.2) is 36.4 Å². The number of benzene rings is 2. The highest BCUT2D eigenvalue weighted by atomic mass is 19.1. The van der Waals surface area contributed by atoms with Gasteiger partial charge in [-0.2, -0.15) is 0 Å². The maximum absolute atomic E-state index is 13.6. The summed E-state index contributed by atoms with van der Waals surface area (Å²) in [7, 11) is 0. The second kappa shape index (κ2) is 7.22. The molecule has 0 saturated carbocycles. The Labute approximate surface area is 134 Å². The van der Waals surface area contributed by atoms with Gasteiger partial charge in [0.05, 0.1) is 5.69 Å². The molecule has 0 fully saturated rings.